The van der Waals surface area contributed by atoms with E-state index in [2.05, 4.69) is 9.65 Å². The smallest absolute Gasteiger partial charge is 0.397 e. The van der Waals surface area contributed by atoms with Crippen molar-refractivity contribution in [2.24, 2.45) is 4.99 Å². The van der Waals surface area contributed by atoms with Crippen LogP contribution in [0.2, 0.25) is 0 Å². The Hall–Kier alpha value is -5.50. The molecule has 258 valence electrons. The zero-order valence-electron chi connectivity index (χ0n) is 28.2. The van der Waals surface area contributed by atoms with Gasteiger partial charge in [0.15, 0.2) is 29.2 Å². The first-order valence-electron chi connectivity index (χ1n) is 16.2. The number of allylic oxidation sites excluding steroid dienone is 4. The van der Waals surface area contributed by atoms with Gasteiger partial charge in [-0.1, -0.05) is 24.3 Å². The third-order valence-corrected chi connectivity index (χ3v) is 8.82. The number of carbonyl (C=O) groups excluding carboxylic acids is 3. The number of aliphatic hydroxyl groups excluding tert-OH is 1. The molecule has 0 aliphatic carbocycles. The molecule has 13 nitrogen and oxygen atoms in total. The molecule has 50 heavy (non-hydrogen) atoms. The number of ether oxygens (including phenoxy) is 4. The Bertz CT molecular complexity index is 1850. The number of rotatable bonds is 10. The van der Waals surface area contributed by atoms with Gasteiger partial charge in [0.05, 0.1) is 62.0 Å². The molecule has 3 amide bonds. The fourth-order valence-electron chi connectivity index (χ4n) is 6.51. The molecular weight excluding hydrogens is 643 g/mol. The number of aliphatic hydroxyl groups is 1. The minimum absolute atomic E-state index is 0.0548. The lowest BCUT2D eigenvalue weighted by Crippen LogP contribution is -2.50. The summed E-state index contributed by atoms with van der Waals surface area (Å²) in [7, 11) is 8.19. The molecule has 2 aromatic carbocycles. The van der Waals surface area contributed by atoms with Crippen LogP contribution in [0.5, 0.6) is 23.0 Å². The second-order valence-electron chi connectivity index (χ2n) is 11.9. The Balaban J connectivity index is 1.17. The number of carbonyl (C=O) groups is 3. The molecule has 4 aliphatic heterocycles. The Morgan fingerprint density at radius 1 is 0.880 bits per heavy atom. The van der Waals surface area contributed by atoms with E-state index in [1.807, 2.05) is 44.4 Å². The monoisotopic (exact) mass is 680 g/mol. The van der Waals surface area contributed by atoms with Crippen molar-refractivity contribution in [3.05, 3.63) is 83.2 Å². The molecule has 0 spiro atoms. The number of amides is 3. The van der Waals surface area contributed by atoms with Gasteiger partial charge in [0.25, 0.3) is 11.8 Å². The summed E-state index contributed by atoms with van der Waals surface area (Å²) >= 11 is 0. The summed E-state index contributed by atoms with van der Waals surface area (Å²) in [6.07, 6.45) is 11.8. The lowest BCUT2D eigenvalue weighted by Gasteiger charge is -2.31. The average Bonchev–Trinajstić information content (AvgIpc) is 3.69. The number of nitrogens with zero attached hydrogens (tertiary/aromatic N) is 4. The molecule has 0 aromatic heterocycles. The second kappa shape index (κ2) is 14.5. The van der Waals surface area contributed by atoms with Gasteiger partial charge in [-0.05, 0) is 50.0 Å². The molecule has 0 bridgehead atoms. The van der Waals surface area contributed by atoms with Crippen molar-refractivity contribution < 1.29 is 43.1 Å². The molecule has 4 heterocycles. The van der Waals surface area contributed by atoms with Crippen LogP contribution < -0.4 is 23.8 Å². The van der Waals surface area contributed by atoms with Crippen LogP contribution >= 0.6 is 0 Å². The predicted molar refractivity (Wildman–Crippen MR) is 185 cm³/mol. The average molecular weight is 681 g/mol. The number of fused-ring (bicyclic) bond motifs is 4. The standard InChI is InChI=1S/C36H37BN4O9/c1-5-8-21-12-23-18-38-26-16-31(29(46-3)14-24(26)33(42)39(23)19-21)48-10-7-11-49-32-17-27-25(15-30(32)47-4)34(43)40-20-22(9-6-2)13-28(40)35(44)41(27)36(45)50-37/h5-6,8-9,14-20,23,28,35,44H,7,10-13H2,1-4H3/b8-5+,9-6+/t23-,28-,35-/m0/s1. The molecule has 0 fully saturated rings. The summed E-state index contributed by atoms with van der Waals surface area (Å²) in [5.41, 5.74) is 2.91. The van der Waals surface area contributed by atoms with Crippen molar-refractivity contribution in [2.45, 2.75) is 51.4 Å². The number of hydrogen-bond acceptors (Lipinski definition) is 10. The number of benzene rings is 2. The SMILES string of the molecule is [B]OC(=O)N1c2cc(OCCCOc3cc4c(cc3OC)C(=O)N3C=C(/C=C/C)C[C@H]3C=N4)c(OC)cc2C(=O)N2C=C(/C=C/C)C[C@H]2[C@@H]1O. The first-order chi connectivity index (χ1) is 24.2. The van der Waals surface area contributed by atoms with Crippen LogP contribution in [0.25, 0.3) is 0 Å². The van der Waals surface area contributed by atoms with Gasteiger partial charge in [0.2, 0.25) is 0 Å². The van der Waals surface area contributed by atoms with E-state index in [4.69, 9.17) is 27.0 Å². The Kier molecular flexibility index (Phi) is 10.0. The second-order valence-corrected chi connectivity index (χ2v) is 11.9. The first-order valence-corrected chi connectivity index (χ1v) is 16.2. The minimum atomic E-state index is -1.47. The van der Waals surface area contributed by atoms with Crippen LogP contribution in [0.1, 0.15) is 53.8 Å². The van der Waals surface area contributed by atoms with Crippen LogP contribution in [0.3, 0.4) is 0 Å². The van der Waals surface area contributed by atoms with E-state index in [1.165, 1.54) is 31.3 Å². The van der Waals surface area contributed by atoms with Gasteiger partial charge >= 0.3 is 14.1 Å². The Morgan fingerprint density at radius 3 is 2.12 bits per heavy atom. The summed E-state index contributed by atoms with van der Waals surface area (Å²) in [4.78, 5) is 48.7. The van der Waals surface area contributed by atoms with Crippen molar-refractivity contribution in [3.63, 3.8) is 0 Å². The minimum Gasteiger partial charge on any atom is -0.527 e. The molecule has 2 aromatic rings. The van der Waals surface area contributed by atoms with Gasteiger partial charge in [-0.3, -0.25) is 14.6 Å². The topological polar surface area (TPSA) is 140 Å². The normalized spacial score (nSPS) is 20.9. The summed E-state index contributed by atoms with van der Waals surface area (Å²) in [5.74, 6) is 0.659. The molecule has 4 aliphatic rings. The molecule has 0 saturated carbocycles. The largest absolute Gasteiger partial charge is 0.527 e. The lowest BCUT2D eigenvalue weighted by atomic mass is 10.1. The number of aliphatic imine (C=N–C) groups is 1. The molecule has 14 heteroatoms. The quantitative estimate of drug-likeness (QED) is 0.272. The number of methoxy groups -OCH3 is 2. The third kappa shape index (κ3) is 6.34. The van der Waals surface area contributed by atoms with E-state index >= 15 is 0 Å². The highest BCUT2D eigenvalue weighted by atomic mass is 16.5. The van der Waals surface area contributed by atoms with Crippen LogP contribution in [0, 0.1) is 0 Å². The number of anilines is 1. The van der Waals surface area contributed by atoms with Crippen LogP contribution in [-0.2, 0) is 4.65 Å². The lowest BCUT2D eigenvalue weighted by molar-refractivity contribution is 0.0578. The summed E-state index contributed by atoms with van der Waals surface area (Å²) in [6, 6.07) is 5.29. The molecule has 1 N–H and O–H groups in total. The van der Waals surface area contributed by atoms with E-state index in [9.17, 15) is 19.5 Å². The fraction of sp³-hybridized carbons (Fsp3) is 0.333. The van der Waals surface area contributed by atoms with Gasteiger partial charge < -0.3 is 38.5 Å². The number of hydrogen-bond donors (Lipinski definition) is 1. The predicted octanol–water partition coefficient (Wildman–Crippen LogP) is 4.98. The van der Waals surface area contributed by atoms with Crippen molar-refractivity contribution in [1.82, 2.24) is 9.80 Å². The Morgan fingerprint density at radius 2 is 1.48 bits per heavy atom. The molecule has 2 radical (unpaired) electrons. The van der Waals surface area contributed by atoms with E-state index in [-0.39, 0.29) is 47.9 Å². The van der Waals surface area contributed by atoms with Gasteiger partial charge in [0.1, 0.15) is 0 Å². The van der Waals surface area contributed by atoms with Crippen LogP contribution in [0.15, 0.2) is 77.1 Å². The molecule has 0 unspecified atom stereocenters. The van der Waals surface area contributed by atoms with E-state index in [0.29, 0.717) is 42.0 Å². The maximum atomic E-state index is 13.7. The zero-order valence-corrected chi connectivity index (χ0v) is 28.2. The van der Waals surface area contributed by atoms with Crippen LogP contribution in [-0.4, -0.2) is 92.8 Å². The van der Waals surface area contributed by atoms with Gasteiger partial charge in [0, 0.05) is 37.2 Å². The summed E-state index contributed by atoms with van der Waals surface area (Å²) in [5, 5.41) is 11.3. The zero-order chi connectivity index (χ0) is 35.5. The molecular formula is C36H37BN4O9. The van der Waals surface area contributed by atoms with Gasteiger partial charge in [-0.25, -0.2) is 9.69 Å². The third-order valence-electron chi connectivity index (χ3n) is 8.82. The highest BCUT2D eigenvalue weighted by Gasteiger charge is 2.45. The van der Waals surface area contributed by atoms with E-state index in [0.717, 1.165) is 16.0 Å². The van der Waals surface area contributed by atoms with E-state index < -0.39 is 24.3 Å². The molecule has 3 atom stereocenters. The van der Waals surface area contributed by atoms with Crippen molar-refractivity contribution in [2.75, 3.05) is 32.3 Å². The molecule has 0 saturated heterocycles. The molecule has 6 rings (SSSR count). The summed E-state index contributed by atoms with van der Waals surface area (Å²) in [6.45, 7) is 4.15. The van der Waals surface area contributed by atoms with Crippen molar-refractivity contribution in [1.29, 1.82) is 0 Å². The van der Waals surface area contributed by atoms with Gasteiger partial charge in [-0.15, -0.1) is 0 Å². The van der Waals surface area contributed by atoms with E-state index in [1.54, 1.807) is 29.4 Å². The summed E-state index contributed by atoms with van der Waals surface area (Å²) < 4.78 is 27.7. The highest BCUT2D eigenvalue weighted by Crippen LogP contribution is 2.42. The first kappa shape index (κ1) is 34.4. The maximum Gasteiger partial charge on any atom is 0.397 e. The maximum absolute atomic E-state index is 13.7. The van der Waals surface area contributed by atoms with Crippen molar-refractivity contribution in [3.8, 4) is 23.0 Å². The fourth-order valence-corrected chi connectivity index (χ4v) is 6.51. The van der Waals surface area contributed by atoms with Gasteiger partial charge in [-0.2, -0.15) is 0 Å². The van der Waals surface area contributed by atoms with Crippen molar-refractivity contribution >= 4 is 43.5 Å². The Labute approximate surface area is 291 Å². The highest BCUT2D eigenvalue weighted by molar-refractivity contribution is 6.11. The van der Waals surface area contributed by atoms with Crippen LogP contribution in [0.4, 0.5) is 16.2 Å².